The summed E-state index contributed by atoms with van der Waals surface area (Å²) in [4.78, 5) is 16.5. The Hall–Kier alpha value is -2.13. The number of sulfonamides is 1. The van der Waals surface area contributed by atoms with Crippen molar-refractivity contribution in [3.63, 3.8) is 0 Å². The molecule has 0 N–H and O–H groups in total. The number of rotatable bonds is 7. The van der Waals surface area contributed by atoms with E-state index in [0.717, 1.165) is 0 Å². The molecule has 1 saturated heterocycles. The Bertz CT molecular complexity index is 991. The third-order valence-electron chi connectivity index (χ3n) is 5.02. The van der Waals surface area contributed by atoms with Crippen LogP contribution in [-0.2, 0) is 10.0 Å². The van der Waals surface area contributed by atoms with Gasteiger partial charge in [-0.1, -0.05) is 23.7 Å². The van der Waals surface area contributed by atoms with Crippen LogP contribution in [0.25, 0.3) is 0 Å². The highest BCUT2D eigenvalue weighted by Gasteiger charge is 2.28. The summed E-state index contributed by atoms with van der Waals surface area (Å²) in [6.07, 6.45) is 0. The van der Waals surface area contributed by atoms with E-state index in [-0.39, 0.29) is 10.8 Å². The lowest BCUT2D eigenvalue weighted by molar-refractivity contribution is 0.0773. The molecular formula is C21H26ClN3O4S. The molecule has 162 valence electrons. The molecule has 9 heteroatoms. The number of nitrogens with zero attached hydrogens (tertiary/aromatic N) is 3. The summed E-state index contributed by atoms with van der Waals surface area (Å²) in [5.74, 6) is 0.365. The molecule has 0 unspecified atom stereocenters. The van der Waals surface area contributed by atoms with Crippen LogP contribution < -0.4 is 4.74 Å². The Labute approximate surface area is 182 Å². The van der Waals surface area contributed by atoms with Crippen LogP contribution in [0.15, 0.2) is 53.4 Å². The van der Waals surface area contributed by atoms with Gasteiger partial charge in [-0.15, -0.1) is 0 Å². The molecule has 1 aliphatic rings. The monoisotopic (exact) mass is 451 g/mol. The Kier molecular flexibility index (Phi) is 7.36. The quantitative estimate of drug-likeness (QED) is 0.646. The van der Waals surface area contributed by atoms with E-state index in [1.54, 1.807) is 43.4 Å². The Balaban J connectivity index is 1.63. The highest BCUT2D eigenvalue weighted by atomic mass is 35.5. The largest absolute Gasteiger partial charge is 0.492 e. The fraction of sp³-hybridized carbons (Fsp3) is 0.381. The first kappa shape index (κ1) is 22.6. The summed E-state index contributed by atoms with van der Waals surface area (Å²) in [5, 5.41) is 0.579. The SMILES string of the molecule is CN1CCN(S(=O)(=O)c2cccc(C(=O)N(C)CCOc3cccc(Cl)c3)c2)CC1. The molecule has 0 aromatic heterocycles. The predicted octanol–water partition coefficient (Wildman–Crippen LogP) is 2.43. The van der Waals surface area contributed by atoms with Gasteiger partial charge < -0.3 is 14.5 Å². The molecule has 0 bridgehead atoms. The highest BCUT2D eigenvalue weighted by Crippen LogP contribution is 2.20. The lowest BCUT2D eigenvalue weighted by Crippen LogP contribution is -2.47. The number of hydrogen-bond donors (Lipinski definition) is 0. The molecule has 3 rings (SSSR count). The van der Waals surface area contributed by atoms with Gasteiger partial charge in [-0.2, -0.15) is 4.31 Å². The summed E-state index contributed by atoms with van der Waals surface area (Å²) >= 11 is 5.93. The minimum Gasteiger partial charge on any atom is -0.492 e. The van der Waals surface area contributed by atoms with Crippen LogP contribution in [0.4, 0.5) is 0 Å². The maximum atomic E-state index is 12.9. The van der Waals surface area contributed by atoms with Crippen LogP contribution in [-0.4, -0.2) is 81.9 Å². The van der Waals surface area contributed by atoms with E-state index in [9.17, 15) is 13.2 Å². The second-order valence-corrected chi connectivity index (χ2v) is 9.64. The van der Waals surface area contributed by atoms with Crippen molar-refractivity contribution in [3.05, 3.63) is 59.1 Å². The molecule has 2 aromatic rings. The molecule has 7 nitrogen and oxygen atoms in total. The third-order valence-corrected chi connectivity index (χ3v) is 7.15. The number of carbonyl (C=O) groups is 1. The van der Waals surface area contributed by atoms with Crippen LogP contribution in [0.3, 0.4) is 0 Å². The average molecular weight is 452 g/mol. The van der Waals surface area contributed by atoms with Crippen molar-refractivity contribution in [2.45, 2.75) is 4.90 Å². The fourth-order valence-corrected chi connectivity index (χ4v) is 4.80. The molecule has 30 heavy (non-hydrogen) atoms. The molecule has 2 aromatic carbocycles. The number of ether oxygens (including phenoxy) is 1. The van der Waals surface area contributed by atoms with E-state index < -0.39 is 10.0 Å². The molecule has 0 atom stereocenters. The molecule has 0 saturated carbocycles. The van der Waals surface area contributed by atoms with Crippen molar-refractivity contribution in [2.75, 3.05) is 53.4 Å². The molecule has 1 aliphatic heterocycles. The van der Waals surface area contributed by atoms with Crippen molar-refractivity contribution in [3.8, 4) is 5.75 Å². The second kappa shape index (κ2) is 9.78. The van der Waals surface area contributed by atoms with Crippen LogP contribution in [0.5, 0.6) is 5.75 Å². The van der Waals surface area contributed by atoms with Crippen LogP contribution in [0.2, 0.25) is 5.02 Å². The van der Waals surface area contributed by atoms with Gasteiger partial charge >= 0.3 is 0 Å². The van der Waals surface area contributed by atoms with E-state index in [2.05, 4.69) is 4.90 Å². The Morgan fingerprint density at radius 1 is 1.10 bits per heavy atom. The fourth-order valence-electron chi connectivity index (χ4n) is 3.15. The number of likely N-dealkylation sites (N-methyl/N-ethyl adjacent to an activating group) is 2. The molecule has 0 radical (unpaired) electrons. The lowest BCUT2D eigenvalue weighted by Gasteiger charge is -2.31. The zero-order chi connectivity index (χ0) is 21.7. The van der Waals surface area contributed by atoms with E-state index >= 15 is 0 Å². The lowest BCUT2D eigenvalue weighted by atomic mass is 10.2. The minimum atomic E-state index is -3.63. The summed E-state index contributed by atoms with van der Waals surface area (Å²) in [7, 11) is -0.0000163. The van der Waals surface area contributed by atoms with Crippen molar-refractivity contribution in [2.24, 2.45) is 0 Å². The number of piperazine rings is 1. The smallest absolute Gasteiger partial charge is 0.253 e. The zero-order valence-corrected chi connectivity index (χ0v) is 18.7. The first-order chi connectivity index (χ1) is 14.3. The highest BCUT2D eigenvalue weighted by molar-refractivity contribution is 7.89. The van der Waals surface area contributed by atoms with Crippen molar-refractivity contribution < 1.29 is 17.9 Å². The van der Waals surface area contributed by atoms with Crippen LogP contribution >= 0.6 is 11.6 Å². The first-order valence-electron chi connectivity index (χ1n) is 9.70. The van der Waals surface area contributed by atoms with E-state index in [0.29, 0.717) is 55.7 Å². The maximum Gasteiger partial charge on any atom is 0.253 e. The molecule has 0 spiro atoms. The van der Waals surface area contributed by atoms with Crippen LogP contribution in [0, 0.1) is 0 Å². The van der Waals surface area contributed by atoms with Crippen LogP contribution in [0.1, 0.15) is 10.4 Å². The topological polar surface area (TPSA) is 70.2 Å². The van der Waals surface area contributed by atoms with Gasteiger partial charge in [-0.05, 0) is 43.4 Å². The second-order valence-electron chi connectivity index (χ2n) is 7.27. The minimum absolute atomic E-state index is 0.140. The standard InChI is InChI=1S/C21H26ClN3O4S/c1-23-9-11-25(12-10-23)30(27,28)20-8-3-5-17(15-20)21(26)24(2)13-14-29-19-7-4-6-18(22)16-19/h3-8,15-16H,9-14H2,1-2H3. The van der Waals surface area contributed by atoms with Crippen molar-refractivity contribution in [1.29, 1.82) is 0 Å². The summed E-state index contributed by atoms with van der Waals surface area (Å²) in [6.45, 7) is 2.90. The van der Waals surface area contributed by atoms with Gasteiger partial charge in [0.05, 0.1) is 11.4 Å². The molecule has 1 fully saturated rings. The van der Waals surface area contributed by atoms with Gasteiger partial charge in [0.25, 0.3) is 5.91 Å². The zero-order valence-electron chi connectivity index (χ0n) is 17.1. The maximum absolute atomic E-state index is 12.9. The normalized spacial score (nSPS) is 15.7. The number of carbonyl (C=O) groups excluding carboxylic acids is 1. The molecule has 1 heterocycles. The molecule has 0 aliphatic carbocycles. The first-order valence-corrected chi connectivity index (χ1v) is 11.5. The average Bonchev–Trinajstić information content (AvgIpc) is 2.73. The Morgan fingerprint density at radius 3 is 2.50 bits per heavy atom. The Morgan fingerprint density at radius 2 is 1.80 bits per heavy atom. The van der Waals surface area contributed by atoms with Gasteiger partial charge in [0, 0.05) is 43.8 Å². The van der Waals surface area contributed by atoms with E-state index in [1.807, 2.05) is 7.05 Å². The summed E-state index contributed by atoms with van der Waals surface area (Å²) in [5.41, 5.74) is 0.329. The van der Waals surface area contributed by atoms with Gasteiger partial charge in [0.1, 0.15) is 12.4 Å². The number of benzene rings is 2. The number of halogens is 1. The van der Waals surface area contributed by atoms with Crippen molar-refractivity contribution >= 4 is 27.5 Å². The van der Waals surface area contributed by atoms with Gasteiger partial charge in [0.15, 0.2) is 0 Å². The summed E-state index contributed by atoms with van der Waals surface area (Å²) < 4.78 is 33.0. The molecular weight excluding hydrogens is 426 g/mol. The van der Waals surface area contributed by atoms with Crippen molar-refractivity contribution in [1.82, 2.24) is 14.1 Å². The van der Waals surface area contributed by atoms with Gasteiger partial charge in [-0.3, -0.25) is 4.79 Å². The number of hydrogen-bond acceptors (Lipinski definition) is 5. The number of amides is 1. The van der Waals surface area contributed by atoms with Gasteiger partial charge in [-0.25, -0.2) is 8.42 Å². The van der Waals surface area contributed by atoms with E-state index in [1.165, 1.54) is 21.3 Å². The van der Waals surface area contributed by atoms with E-state index in [4.69, 9.17) is 16.3 Å². The predicted molar refractivity (Wildman–Crippen MR) is 117 cm³/mol. The summed E-state index contributed by atoms with van der Waals surface area (Å²) in [6, 6.07) is 13.3. The van der Waals surface area contributed by atoms with Gasteiger partial charge in [0.2, 0.25) is 10.0 Å². The third kappa shape index (κ3) is 5.51. The molecule has 1 amide bonds.